The maximum Gasteiger partial charge on any atom is 0.217 e. The number of nitrogens with zero attached hydrogens (tertiary/aromatic N) is 4. The van der Waals surface area contributed by atoms with Crippen LogP contribution in [0.1, 0.15) is 0 Å². The minimum Gasteiger partial charge on any atom is -0.726 e. The van der Waals surface area contributed by atoms with Gasteiger partial charge in [0.1, 0.15) is 7.05 Å². The van der Waals surface area contributed by atoms with Crippen LogP contribution in [0.5, 0.6) is 0 Å². The van der Waals surface area contributed by atoms with Gasteiger partial charge in [-0.05, 0) is 23.7 Å². The van der Waals surface area contributed by atoms with Crippen LogP contribution < -0.4 is 4.57 Å². The van der Waals surface area contributed by atoms with Crippen LogP contribution in [0.2, 0.25) is 0 Å². The Balaban J connectivity index is 0.000000301. The molecule has 0 amide bonds. The van der Waals surface area contributed by atoms with Crippen molar-refractivity contribution < 1.29 is 21.7 Å². The Bertz CT molecular complexity index is 1040. The van der Waals surface area contributed by atoms with E-state index in [0.717, 1.165) is 23.5 Å². The lowest BCUT2D eigenvalue weighted by atomic mass is 10.1. The number of azide groups is 1. The van der Waals surface area contributed by atoms with E-state index in [1.54, 1.807) is 0 Å². The number of rotatable bonds is 2. The summed E-state index contributed by atoms with van der Waals surface area (Å²) in [5, 5.41) is 5.98. The van der Waals surface area contributed by atoms with Crippen molar-refractivity contribution in [3.63, 3.8) is 0 Å². The Morgan fingerprint density at radius 2 is 1.75 bits per heavy atom. The predicted octanol–water partition coefficient (Wildman–Crippen LogP) is 2.85. The van der Waals surface area contributed by atoms with Crippen molar-refractivity contribution >= 4 is 37.9 Å². The monoisotopic (exact) mass is 346 g/mol. The molecule has 0 saturated carbocycles. The van der Waals surface area contributed by atoms with E-state index < -0.39 is 10.4 Å². The van der Waals surface area contributed by atoms with E-state index in [9.17, 15) is 13.0 Å². The highest BCUT2D eigenvalue weighted by Crippen LogP contribution is 2.22. The Labute approximate surface area is 138 Å². The molecule has 0 aliphatic carbocycles. The van der Waals surface area contributed by atoms with Gasteiger partial charge in [-0.1, -0.05) is 23.3 Å². The van der Waals surface area contributed by atoms with E-state index in [2.05, 4.69) is 37.0 Å². The van der Waals surface area contributed by atoms with E-state index in [-0.39, 0.29) is 0 Å². The molecule has 3 rings (SSSR count). The molecule has 124 valence electrons. The number of hydrogen-bond donors (Lipinski definition) is 0. The lowest BCUT2D eigenvalue weighted by molar-refractivity contribution is -0.617. The van der Waals surface area contributed by atoms with E-state index in [4.69, 9.17) is 5.53 Å². The molecule has 0 atom stereocenters. The Morgan fingerprint density at radius 1 is 1.12 bits per heavy atom. The number of pyridine rings is 1. The maximum absolute atomic E-state index is 9.22. The summed E-state index contributed by atoms with van der Waals surface area (Å²) in [5.41, 5.74) is 11.3. The highest BCUT2D eigenvalue weighted by Gasteiger charge is 2.10. The molecule has 1 aromatic heterocycles. The van der Waals surface area contributed by atoms with Crippen molar-refractivity contribution in [3.05, 3.63) is 59.0 Å². The van der Waals surface area contributed by atoms with Crippen molar-refractivity contribution in [1.82, 2.24) is 0 Å². The third-order valence-corrected chi connectivity index (χ3v) is 3.76. The smallest absolute Gasteiger partial charge is 0.217 e. The maximum atomic E-state index is 9.22. The molecule has 24 heavy (non-hydrogen) atoms. The number of fused-ring (bicyclic) bond motifs is 2. The zero-order valence-corrected chi connectivity index (χ0v) is 13.8. The van der Waals surface area contributed by atoms with Crippen LogP contribution in [0.4, 0.5) is 5.69 Å². The molecule has 0 fully saturated rings. The quantitative estimate of drug-likeness (QED) is 0.135. The summed E-state index contributed by atoms with van der Waals surface area (Å²) < 4.78 is 33.1. The number of aromatic nitrogens is 1. The SMILES string of the molecule is COS(=O)(=O)[O-].C[n+]1c2ccccc2cc2ccc(N=[N+]=[N-])cc21. The van der Waals surface area contributed by atoms with E-state index in [1.807, 2.05) is 37.4 Å². The van der Waals surface area contributed by atoms with Crippen molar-refractivity contribution in [2.75, 3.05) is 7.11 Å². The van der Waals surface area contributed by atoms with Gasteiger partial charge in [-0.2, -0.15) is 4.57 Å². The minimum absolute atomic E-state index is 0.635. The number of aryl methyl sites for hydroxylation is 1. The van der Waals surface area contributed by atoms with Gasteiger partial charge in [0, 0.05) is 33.5 Å². The number of hydrogen-bond acceptors (Lipinski definition) is 5. The summed E-state index contributed by atoms with van der Waals surface area (Å²) in [6.45, 7) is 0. The number of para-hydroxylation sites is 1. The van der Waals surface area contributed by atoms with Gasteiger partial charge >= 0.3 is 0 Å². The normalized spacial score (nSPS) is 10.8. The highest BCUT2D eigenvalue weighted by atomic mass is 32.3. The lowest BCUT2D eigenvalue weighted by Crippen LogP contribution is -2.29. The first-order valence-electron chi connectivity index (χ1n) is 6.74. The second-order valence-corrected chi connectivity index (χ2v) is 5.92. The first-order chi connectivity index (χ1) is 11.4. The molecule has 1 heterocycles. The second kappa shape index (κ2) is 7.24. The lowest BCUT2D eigenvalue weighted by Gasteiger charge is -2.02. The zero-order chi connectivity index (χ0) is 17.7. The first-order valence-corrected chi connectivity index (χ1v) is 8.07. The van der Waals surface area contributed by atoms with Crippen LogP contribution in [0.25, 0.3) is 32.2 Å². The molecule has 0 unspecified atom stereocenters. The van der Waals surface area contributed by atoms with Gasteiger partial charge in [-0.3, -0.25) is 4.18 Å². The fraction of sp³-hybridized carbons (Fsp3) is 0.133. The summed E-state index contributed by atoms with van der Waals surface area (Å²) in [5.74, 6) is 0. The Hall–Kier alpha value is -2.71. The molecule has 0 N–H and O–H groups in total. The van der Waals surface area contributed by atoms with E-state index in [1.165, 1.54) is 5.39 Å². The summed E-state index contributed by atoms with van der Waals surface area (Å²) in [7, 11) is -1.59. The van der Waals surface area contributed by atoms with Crippen LogP contribution in [0.3, 0.4) is 0 Å². The van der Waals surface area contributed by atoms with Crippen molar-refractivity contribution in [3.8, 4) is 0 Å². The fourth-order valence-electron chi connectivity index (χ4n) is 2.27. The molecule has 8 nitrogen and oxygen atoms in total. The van der Waals surface area contributed by atoms with Gasteiger partial charge in [0.05, 0.1) is 7.11 Å². The molecule has 0 radical (unpaired) electrons. The van der Waals surface area contributed by atoms with Crippen LogP contribution >= 0.6 is 0 Å². The Morgan fingerprint density at radius 3 is 2.38 bits per heavy atom. The third kappa shape index (κ3) is 4.18. The standard InChI is InChI=1S/C14H11N4.CH4O4S/c1-18-13-5-3-2-4-10(13)8-11-6-7-12(16-17-15)9-14(11)18;1-5-6(2,3)4/h2-9H,1H3;1H3,(H,2,3,4)/q+1;/p-1. The molecule has 3 aromatic rings. The first kappa shape index (κ1) is 17.6. The molecule has 0 aliphatic rings. The van der Waals surface area contributed by atoms with Crippen LogP contribution in [0, 0.1) is 0 Å². The molecular formula is C15H14N4O4S. The van der Waals surface area contributed by atoms with Crippen molar-refractivity contribution in [2.45, 2.75) is 0 Å². The molecule has 2 aromatic carbocycles. The largest absolute Gasteiger partial charge is 0.726 e. The van der Waals surface area contributed by atoms with Gasteiger partial charge in [-0.25, -0.2) is 8.42 Å². The molecular weight excluding hydrogens is 332 g/mol. The van der Waals surface area contributed by atoms with Crippen molar-refractivity contribution in [2.24, 2.45) is 12.2 Å². The summed E-state index contributed by atoms with van der Waals surface area (Å²) >= 11 is 0. The topological polar surface area (TPSA) is 119 Å². The zero-order valence-electron chi connectivity index (χ0n) is 12.9. The third-order valence-electron chi connectivity index (χ3n) is 3.35. The van der Waals surface area contributed by atoms with Crippen LogP contribution in [-0.4, -0.2) is 20.1 Å². The second-order valence-electron chi connectivity index (χ2n) is 4.77. The van der Waals surface area contributed by atoms with E-state index >= 15 is 0 Å². The van der Waals surface area contributed by atoms with Crippen molar-refractivity contribution in [1.29, 1.82) is 0 Å². The summed E-state index contributed by atoms with van der Waals surface area (Å²) in [4.78, 5) is 2.82. The number of benzene rings is 2. The molecule has 0 bridgehead atoms. The molecule has 0 saturated heterocycles. The van der Waals surface area contributed by atoms with Crippen LogP contribution in [0.15, 0.2) is 53.6 Å². The average Bonchev–Trinajstić information content (AvgIpc) is 2.56. The molecule has 0 spiro atoms. The van der Waals surface area contributed by atoms with E-state index in [0.29, 0.717) is 5.69 Å². The van der Waals surface area contributed by atoms with Gasteiger partial charge in [0.15, 0.2) is 0 Å². The summed E-state index contributed by atoms with van der Waals surface area (Å²) in [6.07, 6.45) is 0. The van der Waals surface area contributed by atoms with Crippen LogP contribution in [-0.2, 0) is 21.6 Å². The van der Waals surface area contributed by atoms with Gasteiger partial charge in [0.2, 0.25) is 21.4 Å². The highest BCUT2D eigenvalue weighted by molar-refractivity contribution is 7.80. The molecule has 9 heteroatoms. The van der Waals surface area contributed by atoms with Gasteiger partial charge < -0.3 is 4.55 Å². The predicted molar refractivity (Wildman–Crippen MR) is 88.1 cm³/mol. The average molecular weight is 346 g/mol. The summed E-state index contributed by atoms with van der Waals surface area (Å²) in [6, 6.07) is 16.1. The minimum atomic E-state index is -4.41. The van der Waals surface area contributed by atoms with Gasteiger partial charge in [-0.15, -0.1) is 0 Å². The van der Waals surface area contributed by atoms with Gasteiger partial charge in [0.25, 0.3) is 0 Å². The fourth-order valence-corrected chi connectivity index (χ4v) is 2.27. The Kier molecular flexibility index (Phi) is 5.32. The molecule has 0 aliphatic heterocycles.